The molecule has 26 heavy (non-hydrogen) atoms. The number of carbonyl (C=O) groups is 4. The Hall–Kier alpha value is -3.16. The minimum absolute atomic E-state index is 0.0593. The molecule has 0 spiro atoms. The van der Waals surface area contributed by atoms with E-state index >= 15 is 0 Å². The molecule has 0 saturated heterocycles. The van der Waals surface area contributed by atoms with Crippen molar-refractivity contribution in [1.82, 2.24) is 0 Å². The van der Waals surface area contributed by atoms with Gasteiger partial charge in [0.15, 0.2) is 0 Å². The lowest BCUT2D eigenvalue weighted by atomic mass is 9.82. The summed E-state index contributed by atoms with van der Waals surface area (Å²) in [5, 5.41) is 11.9. The highest BCUT2D eigenvalue weighted by Crippen LogP contribution is 2.28. The number of hydrogen-bond donors (Lipinski definition) is 2. The second kappa shape index (κ2) is 8.28. The fraction of sp³-hybridized carbons (Fsp3) is 0.333. The van der Waals surface area contributed by atoms with Gasteiger partial charge in [0.2, 0.25) is 5.91 Å². The van der Waals surface area contributed by atoms with Crippen molar-refractivity contribution in [2.45, 2.75) is 12.8 Å². The molecule has 2 rings (SSSR count). The molecule has 0 aliphatic heterocycles. The lowest BCUT2D eigenvalue weighted by Crippen LogP contribution is -2.34. The summed E-state index contributed by atoms with van der Waals surface area (Å²) in [6.45, 7) is 0. The van der Waals surface area contributed by atoms with E-state index in [0.29, 0.717) is 6.42 Å². The van der Waals surface area contributed by atoms with Crippen LogP contribution in [0.3, 0.4) is 0 Å². The lowest BCUT2D eigenvalue weighted by Gasteiger charge is -2.24. The second-order valence-corrected chi connectivity index (χ2v) is 5.77. The summed E-state index contributed by atoms with van der Waals surface area (Å²) in [7, 11) is 2.38. The molecule has 1 aliphatic carbocycles. The predicted octanol–water partition coefficient (Wildman–Crippen LogP) is 1.87. The minimum atomic E-state index is -1.05. The molecule has 0 saturated carbocycles. The van der Waals surface area contributed by atoms with Crippen LogP contribution in [0, 0.1) is 11.8 Å². The van der Waals surface area contributed by atoms with E-state index in [1.807, 2.05) is 0 Å². The monoisotopic (exact) mass is 361 g/mol. The third kappa shape index (κ3) is 4.27. The molecule has 2 atom stereocenters. The number of nitrogens with one attached hydrogen (secondary N) is 1. The van der Waals surface area contributed by atoms with Crippen molar-refractivity contribution in [3.63, 3.8) is 0 Å². The van der Waals surface area contributed by atoms with E-state index in [-0.39, 0.29) is 23.2 Å². The predicted molar refractivity (Wildman–Crippen MR) is 90.7 cm³/mol. The van der Waals surface area contributed by atoms with E-state index < -0.39 is 35.7 Å². The molecule has 1 aliphatic rings. The number of methoxy groups -OCH3 is 2. The smallest absolute Gasteiger partial charge is 0.337 e. The molecule has 0 fully saturated rings. The van der Waals surface area contributed by atoms with Crippen LogP contribution in [0.4, 0.5) is 5.69 Å². The van der Waals surface area contributed by atoms with E-state index in [1.54, 1.807) is 12.2 Å². The number of ether oxygens (including phenoxy) is 2. The van der Waals surface area contributed by atoms with Crippen molar-refractivity contribution >= 4 is 29.5 Å². The van der Waals surface area contributed by atoms with Gasteiger partial charge in [0.05, 0.1) is 37.2 Å². The van der Waals surface area contributed by atoms with Gasteiger partial charge >= 0.3 is 17.9 Å². The van der Waals surface area contributed by atoms with E-state index in [1.165, 1.54) is 32.4 Å². The Morgan fingerprint density at radius 2 is 1.42 bits per heavy atom. The molecular formula is C18H19NO7. The fourth-order valence-electron chi connectivity index (χ4n) is 2.78. The molecule has 2 N–H and O–H groups in total. The quantitative estimate of drug-likeness (QED) is 0.607. The summed E-state index contributed by atoms with van der Waals surface area (Å²) >= 11 is 0. The Morgan fingerprint density at radius 3 is 1.88 bits per heavy atom. The van der Waals surface area contributed by atoms with Gasteiger partial charge in [0, 0.05) is 5.69 Å². The Morgan fingerprint density at radius 1 is 0.923 bits per heavy atom. The number of anilines is 1. The largest absolute Gasteiger partial charge is 0.481 e. The van der Waals surface area contributed by atoms with Gasteiger partial charge in [0.1, 0.15) is 0 Å². The van der Waals surface area contributed by atoms with Gasteiger partial charge in [0.25, 0.3) is 0 Å². The molecule has 8 heteroatoms. The highest BCUT2D eigenvalue weighted by Gasteiger charge is 2.34. The van der Waals surface area contributed by atoms with E-state index in [4.69, 9.17) is 0 Å². The maximum atomic E-state index is 12.5. The van der Waals surface area contributed by atoms with E-state index in [0.717, 1.165) is 0 Å². The SMILES string of the molecule is COC(=O)c1cc(NC(=O)[C@@H]2CC=CC[C@@H]2C(=O)O)cc(C(=O)OC)c1. The average molecular weight is 361 g/mol. The highest BCUT2D eigenvalue weighted by atomic mass is 16.5. The van der Waals surface area contributed by atoms with Crippen LogP contribution in [-0.2, 0) is 19.1 Å². The molecule has 138 valence electrons. The third-order valence-corrected chi connectivity index (χ3v) is 4.13. The molecule has 1 aromatic rings. The Balaban J connectivity index is 2.30. The third-order valence-electron chi connectivity index (χ3n) is 4.13. The number of carbonyl (C=O) groups excluding carboxylic acids is 3. The first-order valence-electron chi connectivity index (χ1n) is 7.87. The normalized spacial score (nSPS) is 18.7. The van der Waals surface area contributed by atoms with Crippen LogP contribution < -0.4 is 5.32 Å². The zero-order valence-corrected chi connectivity index (χ0v) is 14.4. The molecule has 0 heterocycles. The number of benzene rings is 1. The fourth-order valence-corrected chi connectivity index (χ4v) is 2.78. The number of rotatable bonds is 5. The first-order chi connectivity index (χ1) is 12.4. The standard InChI is InChI=1S/C18H19NO7/c1-25-17(23)10-7-11(18(24)26-2)9-12(8-10)19-15(20)13-5-3-4-6-14(13)16(21)22/h3-4,7-9,13-14H,5-6H2,1-2H3,(H,19,20)(H,21,22)/t13-,14+/m1/s1. The number of allylic oxidation sites excluding steroid dienone is 2. The van der Waals surface area contributed by atoms with Crippen molar-refractivity contribution in [1.29, 1.82) is 0 Å². The van der Waals surface area contributed by atoms with Gasteiger partial charge in [-0.3, -0.25) is 9.59 Å². The molecule has 0 bridgehead atoms. The van der Waals surface area contributed by atoms with Crippen molar-refractivity contribution in [3.05, 3.63) is 41.5 Å². The number of hydrogen-bond acceptors (Lipinski definition) is 6. The van der Waals surface area contributed by atoms with Gasteiger partial charge in [-0.25, -0.2) is 9.59 Å². The number of carboxylic acids is 1. The van der Waals surface area contributed by atoms with Crippen LogP contribution in [0.1, 0.15) is 33.6 Å². The lowest BCUT2D eigenvalue weighted by molar-refractivity contribution is -0.146. The number of carboxylic acid groups (broad SMARTS) is 1. The summed E-state index contributed by atoms with van der Waals surface area (Å²) in [4.78, 5) is 47.5. The Kier molecular flexibility index (Phi) is 6.11. The molecular weight excluding hydrogens is 342 g/mol. The maximum absolute atomic E-state index is 12.5. The zero-order chi connectivity index (χ0) is 19.3. The van der Waals surface area contributed by atoms with Crippen LogP contribution in [-0.4, -0.2) is 43.1 Å². The second-order valence-electron chi connectivity index (χ2n) is 5.77. The number of amides is 1. The molecule has 0 radical (unpaired) electrons. The van der Waals surface area contributed by atoms with Crippen LogP contribution in [0.15, 0.2) is 30.4 Å². The summed E-state index contributed by atoms with van der Waals surface area (Å²) in [5.74, 6) is -4.50. The Bertz CT molecular complexity index is 735. The number of aliphatic carboxylic acids is 1. The van der Waals surface area contributed by atoms with Crippen LogP contribution in [0.5, 0.6) is 0 Å². The van der Waals surface area contributed by atoms with Crippen molar-refractivity contribution in [2.24, 2.45) is 11.8 Å². The summed E-state index contributed by atoms with van der Waals surface area (Å²) in [6.07, 6.45) is 4.05. The minimum Gasteiger partial charge on any atom is -0.481 e. The molecule has 0 aromatic heterocycles. The van der Waals surface area contributed by atoms with E-state index in [9.17, 15) is 24.3 Å². The topological polar surface area (TPSA) is 119 Å². The van der Waals surface area contributed by atoms with E-state index in [2.05, 4.69) is 14.8 Å². The van der Waals surface area contributed by atoms with Crippen LogP contribution in [0.2, 0.25) is 0 Å². The first kappa shape index (κ1) is 19.2. The average Bonchev–Trinajstić information content (AvgIpc) is 2.66. The van der Waals surface area contributed by atoms with Crippen LogP contribution in [0.25, 0.3) is 0 Å². The molecule has 1 amide bonds. The molecule has 0 unspecified atom stereocenters. The van der Waals surface area contributed by atoms with Gasteiger partial charge in [-0.1, -0.05) is 12.2 Å². The van der Waals surface area contributed by atoms with Gasteiger partial charge in [-0.05, 0) is 31.0 Å². The Labute approximate surface area is 149 Å². The van der Waals surface area contributed by atoms with Crippen LogP contribution >= 0.6 is 0 Å². The first-order valence-corrected chi connectivity index (χ1v) is 7.87. The summed E-state index contributed by atoms with van der Waals surface area (Å²) in [5.41, 5.74) is 0.296. The van der Waals surface area contributed by atoms with Crippen molar-refractivity contribution < 1.29 is 33.8 Å². The van der Waals surface area contributed by atoms with Gasteiger partial charge in [-0.15, -0.1) is 0 Å². The molecule has 8 nitrogen and oxygen atoms in total. The van der Waals surface area contributed by atoms with Crippen molar-refractivity contribution in [2.75, 3.05) is 19.5 Å². The summed E-state index contributed by atoms with van der Waals surface area (Å²) in [6, 6.07) is 3.99. The summed E-state index contributed by atoms with van der Waals surface area (Å²) < 4.78 is 9.28. The number of esters is 2. The zero-order valence-electron chi connectivity index (χ0n) is 14.4. The highest BCUT2D eigenvalue weighted by molar-refractivity contribution is 6.00. The van der Waals surface area contributed by atoms with Gasteiger partial charge < -0.3 is 19.9 Å². The molecule has 1 aromatic carbocycles. The van der Waals surface area contributed by atoms with Crippen molar-refractivity contribution in [3.8, 4) is 0 Å². The maximum Gasteiger partial charge on any atom is 0.337 e. The van der Waals surface area contributed by atoms with Gasteiger partial charge in [-0.2, -0.15) is 0 Å².